The summed E-state index contributed by atoms with van der Waals surface area (Å²) in [5.41, 5.74) is 4.63. The lowest BCUT2D eigenvalue weighted by Gasteiger charge is -2.46. The average molecular weight is 561 g/mol. The first-order valence-electron chi connectivity index (χ1n) is 13.7. The number of aromatic nitrogens is 2. The number of rotatable bonds is 6. The fourth-order valence-corrected chi connectivity index (χ4v) is 7.22. The first-order chi connectivity index (χ1) is 18.4. The summed E-state index contributed by atoms with van der Waals surface area (Å²) in [4.78, 5) is 17.0. The molecule has 216 valence electrons. The number of hydrogen-bond donors (Lipinski definition) is 2. The number of imidazole rings is 1. The van der Waals surface area contributed by atoms with Crippen LogP contribution in [0, 0.1) is 17.8 Å². The fourth-order valence-electron chi connectivity index (χ4n) is 7.22. The molecule has 0 aromatic carbocycles. The second-order valence-electron chi connectivity index (χ2n) is 12.0. The van der Waals surface area contributed by atoms with Crippen LogP contribution in [0.25, 0.3) is 5.52 Å². The third-order valence-corrected chi connectivity index (χ3v) is 9.18. The maximum absolute atomic E-state index is 15.3. The van der Waals surface area contributed by atoms with Gasteiger partial charge >= 0.3 is 11.9 Å². The number of fused-ring (bicyclic) bond motifs is 1. The normalized spacial score (nSPS) is 31.4. The van der Waals surface area contributed by atoms with Crippen LogP contribution < -0.4 is 16.5 Å². The molecule has 2 N–H and O–H groups in total. The highest BCUT2D eigenvalue weighted by atomic mass is 19.4. The molecule has 2 aliphatic carbocycles. The number of nitrogens with one attached hydrogen (secondary N) is 2. The van der Waals surface area contributed by atoms with Gasteiger partial charge in [0, 0.05) is 25.0 Å². The van der Waals surface area contributed by atoms with Crippen molar-refractivity contribution in [3.05, 3.63) is 40.1 Å². The van der Waals surface area contributed by atoms with Crippen molar-refractivity contribution in [2.24, 2.45) is 17.8 Å². The lowest BCUT2D eigenvalue weighted by atomic mass is 9.64. The van der Waals surface area contributed by atoms with Crippen molar-refractivity contribution in [2.75, 3.05) is 26.8 Å². The monoisotopic (exact) mass is 560 g/mol. The van der Waals surface area contributed by atoms with Crippen LogP contribution in [0.2, 0.25) is 0 Å². The number of hydrogen-bond acceptors (Lipinski definition) is 5. The number of pyridine rings is 1. The van der Waals surface area contributed by atoms with Crippen molar-refractivity contribution in [2.45, 2.75) is 75.5 Å². The Morgan fingerprint density at radius 2 is 1.85 bits per heavy atom. The number of nitrogens with zero attached hydrogens (tertiary/aromatic N) is 4. The van der Waals surface area contributed by atoms with Crippen LogP contribution in [0.3, 0.4) is 0 Å². The predicted octanol–water partition coefficient (Wildman–Crippen LogP) is 3.99. The summed E-state index contributed by atoms with van der Waals surface area (Å²) < 4.78 is 86.3. The first-order valence-corrected chi connectivity index (χ1v) is 13.7. The minimum atomic E-state index is -4.75. The van der Waals surface area contributed by atoms with Crippen LogP contribution >= 0.6 is 0 Å². The van der Waals surface area contributed by atoms with Gasteiger partial charge < -0.3 is 0 Å². The summed E-state index contributed by atoms with van der Waals surface area (Å²) in [7, 11) is 2.00. The molecule has 2 saturated carbocycles. The molecule has 0 amide bonds. The maximum Gasteiger partial charge on any atom is 0.418 e. The summed E-state index contributed by atoms with van der Waals surface area (Å²) >= 11 is 0. The van der Waals surface area contributed by atoms with Gasteiger partial charge in [0.1, 0.15) is 6.17 Å². The fraction of sp³-hybridized carbons (Fsp3) is 0.731. The molecule has 13 heteroatoms. The lowest BCUT2D eigenvalue weighted by Crippen LogP contribution is -2.55. The molecule has 0 radical (unpaired) electrons. The molecule has 2 aliphatic heterocycles. The average Bonchev–Trinajstić information content (AvgIpc) is 3.36. The summed E-state index contributed by atoms with van der Waals surface area (Å²) in [6, 6.07) is 0.352. The molecule has 0 bridgehead atoms. The van der Waals surface area contributed by atoms with Crippen LogP contribution in [-0.2, 0) is 12.7 Å². The van der Waals surface area contributed by atoms with E-state index in [1.165, 1.54) is 21.9 Å². The van der Waals surface area contributed by atoms with E-state index in [0.29, 0.717) is 25.4 Å². The van der Waals surface area contributed by atoms with Crippen molar-refractivity contribution in [3.63, 3.8) is 0 Å². The quantitative estimate of drug-likeness (QED) is 0.524. The standard InChI is InChI=1S/C26H34F6N6O/c1-35-14-33-34-23(35)22(16-3-2-4-16)17-6-18(27)8-19(7-17)37-11-21-20(26(30,31)32)5-15(10-38(21)24(37)39)9-36-12-25(28,29)13-36/h5,10-11,16-19,22-23,33-34H,2-4,6-9,12-14H2,1H3/t17?,18?,19?,22-,23?/m0/s1. The maximum atomic E-state index is 15.3. The molecule has 4 heterocycles. The van der Waals surface area contributed by atoms with E-state index in [0.717, 1.165) is 29.7 Å². The highest BCUT2D eigenvalue weighted by Gasteiger charge is 2.46. The van der Waals surface area contributed by atoms with E-state index < -0.39 is 48.7 Å². The molecule has 2 aromatic heterocycles. The third kappa shape index (κ3) is 5.11. The minimum Gasteiger partial charge on any atom is -0.295 e. The Kier molecular flexibility index (Phi) is 6.79. The van der Waals surface area contributed by atoms with Crippen molar-refractivity contribution in [1.29, 1.82) is 0 Å². The number of hydrazine groups is 1. The number of alkyl halides is 6. The zero-order valence-electron chi connectivity index (χ0n) is 21.7. The molecule has 2 aromatic rings. The van der Waals surface area contributed by atoms with Crippen LogP contribution in [-0.4, -0.2) is 63.8 Å². The highest BCUT2D eigenvalue weighted by molar-refractivity contribution is 5.56. The largest absolute Gasteiger partial charge is 0.418 e. The number of halogens is 6. The molecule has 39 heavy (non-hydrogen) atoms. The minimum absolute atomic E-state index is 0.0179. The van der Waals surface area contributed by atoms with Crippen molar-refractivity contribution < 1.29 is 26.3 Å². The van der Waals surface area contributed by atoms with Crippen LogP contribution in [0.4, 0.5) is 26.3 Å². The van der Waals surface area contributed by atoms with Crippen LogP contribution in [0.15, 0.2) is 23.3 Å². The van der Waals surface area contributed by atoms with E-state index >= 15 is 4.39 Å². The Hall–Kier alpha value is -2.09. The van der Waals surface area contributed by atoms with Gasteiger partial charge in [-0.05, 0) is 55.7 Å². The zero-order valence-corrected chi connectivity index (χ0v) is 21.7. The van der Waals surface area contributed by atoms with Gasteiger partial charge in [0.15, 0.2) is 0 Å². The molecule has 4 aliphatic rings. The van der Waals surface area contributed by atoms with Gasteiger partial charge in [-0.15, -0.1) is 0 Å². The molecule has 4 fully saturated rings. The molecule has 5 atom stereocenters. The number of likely N-dealkylation sites (tertiary alicyclic amines) is 1. The van der Waals surface area contributed by atoms with Gasteiger partial charge in [-0.1, -0.05) is 19.3 Å². The highest BCUT2D eigenvalue weighted by Crippen LogP contribution is 2.47. The summed E-state index contributed by atoms with van der Waals surface area (Å²) in [5.74, 6) is -2.31. The molecule has 4 unspecified atom stereocenters. The van der Waals surface area contributed by atoms with Gasteiger partial charge in [-0.3, -0.25) is 18.8 Å². The smallest absolute Gasteiger partial charge is 0.295 e. The Bertz CT molecular complexity index is 1260. The molecular formula is C26H34F6N6O. The Morgan fingerprint density at radius 1 is 1.10 bits per heavy atom. The third-order valence-electron chi connectivity index (χ3n) is 9.18. The van der Waals surface area contributed by atoms with E-state index in [1.807, 2.05) is 7.05 Å². The molecule has 2 saturated heterocycles. The Labute approximate surface area is 222 Å². The molecule has 7 nitrogen and oxygen atoms in total. The van der Waals surface area contributed by atoms with Crippen molar-refractivity contribution >= 4 is 5.52 Å². The molecule has 6 rings (SSSR count). The SMILES string of the molecule is CN1CNNC1[C@@H](C1CCC1)C1CC(F)CC(n2cc3c(C(F)(F)F)cc(CN4CC(F)(F)C4)cn3c2=O)C1. The van der Waals surface area contributed by atoms with Gasteiger partial charge in [-0.2, -0.15) is 13.2 Å². The van der Waals surface area contributed by atoms with E-state index in [2.05, 4.69) is 15.8 Å². The summed E-state index contributed by atoms with van der Waals surface area (Å²) in [6.07, 6.45) is 0.775. The van der Waals surface area contributed by atoms with Gasteiger partial charge in [-0.25, -0.2) is 28.8 Å². The van der Waals surface area contributed by atoms with E-state index in [1.54, 1.807) is 0 Å². The van der Waals surface area contributed by atoms with E-state index in [9.17, 15) is 26.7 Å². The first kappa shape index (κ1) is 27.1. The van der Waals surface area contributed by atoms with Crippen molar-refractivity contribution in [1.82, 2.24) is 29.6 Å². The van der Waals surface area contributed by atoms with Crippen molar-refractivity contribution in [3.8, 4) is 0 Å². The molecule has 0 spiro atoms. The van der Waals surface area contributed by atoms with E-state index in [4.69, 9.17) is 0 Å². The summed E-state index contributed by atoms with van der Waals surface area (Å²) in [6.45, 7) is -0.535. The summed E-state index contributed by atoms with van der Waals surface area (Å²) in [5, 5.41) is 0. The van der Waals surface area contributed by atoms with Crippen LogP contribution in [0.5, 0.6) is 0 Å². The van der Waals surface area contributed by atoms with E-state index in [-0.39, 0.29) is 42.0 Å². The Morgan fingerprint density at radius 3 is 2.44 bits per heavy atom. The van der Waals surface area contributed by atoms with Gasteiger partial charge in [0.25, 0.3) is 5.92 Å². The zero-order chi connectivity index (χ0) is 27.7. The second kappa shape index (κ2) is 9.78. The predicted molar refractivity (Wildman–Crippen MR) is 132 cm³/mol. The second-order valence-corrected chi connectivity index (χ2v) is 12.0. The molecular weight excluding hydrogens is 526 g/mol. The van der Waals surface area contributed by atoms with Gasteiger partial charge in [0.05, 0.1) is 37.0 Å². The Balaban J connectivity index is 1.33. The lowest BCUT2D eigenvalue weighted by molar-refractivity contribution is -0.138. The topological polar surface area (TPSA) is 56.9 Å². The van der Waals surface area contributed by atoms with Crippen LogP contribution in [0.1, 0.15) is 55.7 Å². The van der Waals surface area contributed by atoms with Gasteiger partial charge in [0.2, 0.25) is 0 Å².